The van der Waals surface area contributed by atoms with E-state index in [9.17, 15) is 4.79 Å². The minimum atomic E-state index is -0.868. The molecule has 0 aromatic rings. The lowest BCUT2D eigenvalue weighted by atomic mass is 9.79. The summed E-state index contributed by atoms with van der Waals surface area (Å²) in [4.78, 5) is 14.4. The second-order valence-corrected chi connectivity index (χ2v) is 5.27. The van der Waals surface area contributed by atoms with Crippen LogP contribution in [0.4, 0.5) is 0 Å². The van der Waals surface area contributed by atoms with Crippen LogP contribution in [0.2, 0.25) is 0 Å². The van der Waals surface area contributed by atoms with Gasteiger partial charge >= 0.3 is 0 Å². The zero-order valence-corrected chi connectivity index (χ0v) is 11.8. The van der Waals surface area contributed by atoms with E-state index in [1.54, 1.807) is 4.90 Å². The molecule has 0 aliphatic heterocycles. The molecule has 0 heterocycles. The second kappa shape index (κ2) is 5.59. The van der Waals surface area contributed by atoms with E-state index in [2.05, 4.69) is 12.1 Å². The molecule has 1 atom stereocenters. The Morgan fingerprint density at radius 3 is 2.33 bits per heavy atom. The lowest BCUT2D eigenvalue weighted by Crippen LogP contribution is -2.52. The minimum absolute atomic E-state index is 0.0207. The number of nitrogens with two attached hydrogens (primary N) is 1. The summed E-state index contributed by atoms with van der Waals surface area (Å²) in [7, 11) is 1.82. The standard InChI is InChI=1S/C13H25N3O2/c1-5-13(6-2,11(14)15-18)12(17)16(4)9(3)10-7-8-10/h9-10,18H,5-8H2,1-4H3,(H2,14,15). The monoisotopic (exact) mass is 255 g/mol. The van der Waals surface area contributed by atoms with Gasteiger partial charge in [-0.15, -0.1) is 0 Å². The minimum Gasteiger partial charge on any atom is -0.409 e. The zero-order chi connectivity index (χ0) is 13.9. The van der Waals surface area contributed by atoms with E-state index in [1.807, 2.05) is 20.9 Å². The maximum Gasteiger partial charge on any atom is 0.236 e. The summed E-state index contributed by atoms with van der Waals surface area (Å²) in [6.07, 6.45) is 3.46. The van der Waals surface area contributed by atoms with Crippen LogP contribution < -0.4 is 5.73 Å². The van der Waals surface area contributed by atoms with E-state index in [0.717, 1.165) is 0 Å². The Kier molecular flexibility index (Phi) is 4.59. The Labute approximate surface area is 109 Å². The lowest BCUT2D eigenvalue weighted by molar-refractivity contribution is -0.139. The van der Waals surface area contributed by atoms with Gasteiger partial charge in [-0.25, -0.2) is 0 Å². The molecule has 5 nitrogen and oxygen atoms in total. The molecule has 18 heavy (non-hydrogen) atoms. The average molecular weight is 255 g/mol. The third kappa shape index (κ3) is 2.44. The fraction of sp³-hybridized carbons (Fsp3) is 0.846. The van der Waals surface area contributed by atoms with E-state index < -0.39 is 5.41 Å². The van der Waals surface area contributed by atoms with Gasteiger partial charge in [0.2, 0.25) is 5.91 Å². The smallest absolute Gasteiger partial charge is 0.236 e. The SMILES string of the molecule is CCC(CC)(C(=O)N(C)C(C)C1CC1)C(N)=NO. The van der Waals surface area contributed by atoms with Gasteiger partial charge in [0.1, 0.15) is 5.41 Å². The van der Waals surface area contributed by atoms with Crippen molar-refractivity contribution in [2.45, 2.75) is 52.5 Å². The molecule has 1 amide bonds. The van der Waals surface area contributed by atoms with Gasteiger partial charge in [-0.2, -0.15) is 0 Å². The molecule has 1 unspecified atom stereocenters. The summed E-state index contributed by atoms with van der Waals surface area (Å²) in [6, 6.07) is 0.224. The Morgan fingerprint density at radius 1 is 1.50 bits per heavy atom. The molecule has 0 radical (unpaired) electrons. The maximum absolute atomic E-state index is 12.7. The molecule has 0 aromatic carbocycles. The summed E-state index contributed by atoms with van der Waals surface area (Å²) in [5.41, 5.74) is 4.89. The van der Waals surface area contributed by atoms with Gasteiger partial charge in [-0.1, -0.05) is 19.0 Å². The molecule has 0 saturated heterocycles. The van der Waals surface area contributed by atoms with Crippen LogP contribution in [0.5, 0.6) is 0 Å². The fourth-order valence-electron chi connectivity index (χ4n) is 2.54. The van der Waals surface area contributed by atoms with Crippen molar-refractivity contribution in [2.75, 3.05) is 7.05 Å². The highest BCUT2D eigenvalue weighted by molar-refractivity contribution is 6.06. The molecule has 1 aliphatic carbocycles. The molecule has 0 spiro atoms. The highest BCUT2D eigenvalue weighted by Gasteiger charge is 2.44. The third-order valence-corrected chi connectivity index (χ3v) is 4.45. The number of carbonyl (C=O) groups excluding carboxylic acids is 1. The van der Waals surface area contributed by atoms with Gasteiger partial charge in [0, 0.05) is 13.1 Å². The van der Waals surface area contributed by atoms with Crippen molar-refractivity contribution in [1.29, 1.82) is 0 Å². The number of amidine groups is 1. The normalized spacial score (nSPS) is 18.6. The molecule has 0 aromatic heterocycles. The van der Waals surface area contributed by atoms with Gasteiger partial charge in [-0.05, 0) is 38.5 Å². The van der Waals surface area contributed by atoms with Gasteiger partial charge in [0.05, 0.1) is 0 Å². The molecule has 3 N–H and O–H groups in total. The van der Waals surface area contributed by atoms with Crippen molar-refractivity contribution in [1.82, 2.24) is 4.90 Å². The van der Waals surface area contributed by atoms with Crippen LogP contribution >= 0.6 is 0 Å². The predicted octanol–water partition coefficient (Wildman–Crippen LogP) is 1.80. The van der Waals surface area contributed by atoms with Crippen molar-refractivity contribution in [2.24, 2.45) is 22.2 Å². The van der Waals surface area contributed by atoms with E-state index in [-0.39, 0.29) is 17.8 Å². The maximum atomic E-state index is 12.7. The lowest BCUT2D eigenvalue weighted by Gasteiger charge is -2.36. The number of hydrogen-bond acceptors (Lipinski definition) is 3. The van der Waals surface area contributed by atoms with Crippen LogP contribution in [0.1, 0.15) is 46.5 Å². The number of rotatable bonds is 6. The van der Waals surface area contributed by atoms with E-state index in [1.165, 1.54) is 12.8 Å². The van der Waals surface area contributed by atoms with E-state index in [0.29, 0.717) is 18.8 Å². The highest BCUT2D eigenvalue weighted by atomic mass is 16.4. The first-order valence-corrected chi connectivity index (χ1v) is 6.69. The predicted molar refractivity (Wildman–Crippen MR) is 71.4 cm³/mol. The first-order chi connectivity index (χ1) is 8.44. The summed E-state index contributed by atoms with van der Waals surface area (Å²) in [5.74, 6) is 0.590. The second-order valence-electron chi connectivity index (χ2n) is 5.27. The highest BCUT2D eigenvalue weighted by Crippen LogP contribution is 2.37. The zero-order valence-electron chi connectivity index (χ0n) is 11.8. The van der Waals surface area contributed by atoms with Gasteiger partial charge in [0.25, 0.3) is 0 Å². The van der Waals surface area contributed by atoms with Crippen molar-refractivity contribution in [3.63, 3.8) is 0 Å². The molecule has 1 rings (SSSR count). The van der Waals surface area contributed by atoms with Crippen molar-refractivity contribution in [3.05, 3.63) is 0 Å². The topological polar surface area (TPSA) is 78.9 Å². The van der Waals surface area contributed by atoms with Crippen LogP contribution in [0.3, 0.4) is 0 Å². The number of hydrogen-bond donors (Lipinski definition) is 2. The summed E-state index contributed by atoms with van der Waals surface area (Å²) >= 11 is 0. The first-order valence-electron chi connectivity index (χ1n) is 6.69. The van der Waals surface area contributed by atoms with E-state index >= 15 is 0 Å². The molecule has 5 heteroatoms. The number of amides is 1. The van der Waals surface area contributed by atoms with Gasteiger partial charge < -0.3 is 15.8 Å². The molecule has 0 bridgehead atoms. The van der Waals surface area contributed by atoms with Crippen LogP contribution in [0.25, 0.3) is 0 Å². The van der Waals surface area contributed by atoms with Gasteiger partial charge in [-0.3, -0.25) is 4.79 Å². The Balaban J connectivity index is 2.94. The Hall–Kier alpha value is -1.26. The van der Waals surface area contributed by atoms with Crippen LogP contribution in [-0.4, -0.2) is 34.9 Å². The van der Waals surface area contributed by atoms with E-state index in [4.69, 9.17) is 10.9 Å². The largest absolute Gasteiger partial charge is 0.409 e. The molecular weight excluding hydrogens is 230 g/mol. The Bertz CT molecular complexity index is 333. The quantitative estimate of drug-likeness (QED) is 0.329. The number of nitrogens with zero attached hydrogens (tertiary/aromatic N) is 2. The summed E-state index contributed by atoms with van der Waals surface area (Å²) < 4.78 is 0. The Morgan fingerprint density at radius 2 is 2.00 bits per heavy atom. The summed E-state index contributed by atoms with van der Waals surface area (Å²) in [6.45, 7) is 5.86. The van der Waals surface area contributed by atoms with Crippen LogP contribution in [0.15, 0.2) is 5.16 Å². The molecule has 1 aliphatic rings. The average Bonchev–Trinajstić information content (AvgIpc) is 3.22. The molecule has 1 fully saturated rings. The van der Waals surface area contributed by atoms with Crippen molar-refractivity contribution < 1.29 is 10.0 Å². The molecule has 1 saturated carbocycles. The molecular formula is C13H25N3O2. The first kappa shape index (κ1) is 14.8. The third-order valence-electron chi connectivity index (χ3n) is 4.45. The number of oxime groups is 1. The van der Waals surface area contributed by atoms with Crippen molar-refractivity contribution in [3.8, 4) is 0 Å². The van der Waals surface area contributed by atoms with Crippen LogP contribution in [0, 0.1) is 11.3 Å². The van der Waals surface area contributed by atoms with Crippen molar-refractivity contribution >= 4 is 11.7 Å². The number of carbonyl (C=O) groups is 1. The fourth-order valence-corrected chi connectivity index (χ4v) is 2.54. The van der Waals surface area contributed by atoms with Crippen LogP contribution in [-0.2, 0) is 4.79 Å². The van der Waals surface area contributed by atoms with Gasteiger partial charge in [0.15, 0.2) is 5.84 Å². The summed E-state index contributed by atoms with van der Waals surface area (Å²) in [5, 5.41) is 12.0. The molecule has 104 valence electrons.